The molecule has 1 amide bonds. The van der Waals surface area contributed by atoms with Gasteiger partial charge in [-0.05, 0) is 30.2 Å². The molecule has 0 atom stereocenters. The first-order chi connectivity index (χ1) is 15.1. The Balaban J connectivity index is 1.35. The summed E-state index contributed by atoms with van der Waals surface area (Å²) in [6, 6.07) is 14.2. The predicted octanol–water partition coefficient (Wildman–Crippen LogP) is 3.24. The first-order valence-corrected chi connectivity index (χ1v) is 10.1. The number of carbonyl (C=O) groups excluding carboxylic acids is 1. The summed E-state index contributed by atoms with van der Waals surface area (Å²) in [4.78, 5) is 20.8. The van der Waals surface area contributed by atoms with Crippen LogP contribution in [0.1, 0.15) is 16.7 Å². The van der Waals surface area contributed by atoms with Crippen LogP contribution in [0.4, 0.5) is 10.2 Å². The average Bonchev–Trinajstić information content (AvgIpc) is 3.17. The van der Waals surface area contributed by atoms with Gasteiger partial charge in [0.1, 0.15) is 18.0 Å². The van der Waals surface area contributed by atoms with E-state index in [0.717, 1.165) is 22.1 Å². The molecule has 7 nitrogen and oxygen atoms in total. The summed E-state index contributed by atoms with van der Waals surface area (Å²) in [7, 11) is 0. The number of benzene rings is 2. The number of aryl methyl sites for hydroxylation is 1. The smallest absolute Gasteiger partial charge is 0.224 e. The molecule has 0 fully saturated rings. The number of fused-ring (bicyclic) bond motifs is 1. The largest absolute Gasteiger partial charge is 0.365 e. The van der Waals surface area contributed by atoms with Gasteiger partial charge in [-0.3, -0.25) is 4.79 Å². The minimum Gasteiger partial charge on any atom is -0.365 e. The lowest BCUT2D eigenvalue weighted by molar-refractivity contribution is -0.120. The van der Waals surface area contributed by atoms with Gasteiger partial charge in [-0.25, -0.2) is 19.0 Å². The van der Waals surface area contributed by atoms with Crippen molar-refractivity contribution >= 4 is 22.8 Å². The van der Waals surface area contributed by atoms with Gasteiger partial charge in [0.15, 0.2) is 5.65 Å². The Morgan fingerprint density at radius 1 is 1.10 bits per heavy atom. The SMILES string of the molecule is Cc1cccc(CC(=O)NCCn2ncc3c(NCc4ccc(F)cc4)ncnc32)c1. The van der Waals surface area contributed by atoms with Crippen LogP contribution in [-0.2, 0) is 24.3 Å². The van der Waals surface area contributed by atoms with Crippen molar-refractivity contribution in [1.82, 2.24) is 25.1 Å². The summed E-state index contributed by atoms with van der Waals surface area (Å²) in [6.07, 6.45) is 3.53. The van der Waals surface area contributed by atoms with Crippen LogP contribution in [0.25, 0.3) is 11.0 Å². The molecule has 8 heteroatoms. The number of aromatic nitrogens is 4. The zero-order valence-corrected chi connectivity index (χ0v) is 17.2. The summed E-state index contributed by atoms with van der Waals surface area (Å²) in [5, 5.41) is 11.4. The van der Waals surface area contributed by atoms with E-state index in [1.54, 1.807) is 23.0 Å². The monoisotopic (exact) mass is 418 g/mol. The van der Waals surface area contributed by atoms with E-state index in [4.69, 9.17) is 0 Å². The zero-order chi connectivity index (χ0) is 21.6. The maximum atomic E-state index is 13.1. The Morgan fingerprint density at radius 3 is 2.74 bits per heavy atom. The molecule has 0 saturated carbocycles. The van der Waals surface area contributed by atoms with Crippen molar-refractivity contribution in [3.8, 4) is 0 Å². The first kappa shape index (κ1) is 20.5. The second-order valence-electron chi connectivity index (χ2n) is 7.32. The minimum atomic E-state index is -0.263. The average molecular weight is 418 g/mol. The van der Waals surface area contributed by atoms with E-state index >= 15 is 0 Å². The fourth-order valence-electron chi connectivity index (χ4n) is 3.36. The van der Waals surface area contributed by atoms with E-state index in [1.165, 1.54) is 18.5 Å². The number of carbonyl (C=O) groups is 1. The number of halogens is 1. The third-order valence-electron chi connectivity index (χ3n) is 4.90. The highest BCUT2D eigenvalue weighted by Crippen LogP contribution is 2.19. The lowest BCUT2D eigenvalue weighted by atomic mass is 10.1. The van der Waals surface area contributed by atoms with Crippen molar-refractivity contribution in [1.29, 1.82) is 0 Å². The summed E-state index contributed by atoms with van der Waals surface area (Å²) < 4.78 is 14.8. The van der Waals surface area contributed by atoms with Gasteiger partial charge in [0.05, 0.1) is 24.5 Å². The molecule has 0 aliphatic rings. The molecule has 31 heavy (non-hydrogen) atoms. The molecule has 0 aliphatic heterocycles. The van der Waals surface area contributed by atoms with Gasteiger partial charge in [-0.1, -0.05) is 42.0 Å². The molecule has 158 valence electrons. The van der Waals surface area contributed by atoms with Crippen LogP contribution in [0, 0.1) is 12.7 Å². The Hall–Kier alpha value is -3.81. The molecule has 0 aliphatic carbocycles. The minimum absolute atomic E-state index is 0.0293. The fourth-order valence-corrected chi connectivity index (χ4v) is 3.36. The molecule has 4 aromatic rings. The van der Waals surface area contributed by atoms with Crippen molar-refractivity contribution in [2.24, 2.45) is 0 Å². The van der Waals surface area contributed by atoms with Crippen molar-refractivity contribution < 1.29 is 9.18 Å². The second-order valence-corrected chi connectivity index (χ2v) is 7.32. The zero-order valence-electron chi connectivity index (χ0n) is 17.2. The molecule has 2 aromatic heterocycles. The third kappa shape index (κ3) is 5.22. The van der Waals surface area contributed by atoms with Crippen LogP contribution in [0.15, 0.2) is 61.1 Å². The van der Waals surface area contributed by atoms with Crippen LogP contribution in [-0.4, -0.2) is 32.2 Å². The Kier molecular flexibility index (Phi) is 6.16. The molecule has 2 aromatic carbocycles. The van der Waals surface area contributed by atoms with E-state index in [9.17, 15) is 9.18 Å². The van der Waals surface area contributed by atoms with Gasteiger partial charge in [0, 0.05) is 13.1 Å². The number of anilines is 1. The van der Waals surface area contributed by atoms with Crippen LogP contribution >= 0.6 is 0 Å². The molecular weight excluding hydrogens is 395 g/mol. The van der Waals surface area contributed by atoms with Gasteiger partial charge >= 0.3 is 0 Å². The van der Waals surface area contributed by atoms with Gasteiger partial charge in [0.2, 0.25) is 5.91 Å². The Labute approximate surface area is 179 Å². The van der Waals surface area contributed by atoms with E-state index in [2.05, 4.69) is 25.7 Å². The standard InChI is InChI=1S/C23H23FN6O/c1-16-3-2-4-18(11-16)12-21(31)25-9-10-30-23-20(14-29-30)22(27-15-28-23)26-13-17-5-7-19(24)8-6-17/h2-8,11,14-15H,9-10,12-13H2,1H3,(H,25,31)(H,26,27,28). The van der Waals surface area contributed by atoms with Gasteiger partial charge in [-0.2, -0.15) is 5.10 Å². The maximum Gasteiger partial charge on any atom is 0.224 e. The molecule has 0 saturated heterocycles. The van der Waals surface area contributed by atoms with Crippen molar-refractivity contribution in [3.05, 3.63) is 83.6 Å². The summed E-state index contributed by atoms with van der Waals surface area (Å²) >= 11 is 0. The summed E-state index contributed by atoms with van der Waals surface area (Å²) in [5.41, 5.74) is 3.75. The maximum absolute atomic E-state index is 13.1. The molecule has 2 N–H and O–H groups in total. The number of hydrogen-bond donors (Lipinski definition) is 2. The Bertz CT molecular complexity index is 1190. The number of nitrogens with one attached hydrogen (secondary N) is 2. The molecular formula is C23H23FN6O. The Morgan fingerprint density at radius 2 is 1.94 bits per heavy atom. The number of rotatable bonds is 8. The highest BCUT2D eigenvalue weighted by atomic mass is 19.1. The lowest BCUT2D eigenvalue weighted by Gasteiger charge is -2.08. The molecule has 0 unspecified atom stereocenters. The van der Waals surface area contributed by atoms with Crippen molar-refractivity contribution in [3.63, 3.8) is 0 Å². The van der Waals surface area contributed by atoms with Crippen molar-refractivity contribution in [2.75, 3.05) is 11.9 Å². The molecule has 2 heterocycles. The molecule has 0 bridgehead atoms. The topological polar surface area (TPSA) is 84.7 Å². The van der Waals surface area contributed by atoms with Crippen LogP contribution in [0.2, 0.25) is 0 Å². The van der Waals surface area contributed by atoms with E-state index in [-0.39, 0.29) is 11.7 Å². The quantitative estimate of drug-likeness (QED) is 0.459. The normalized spacial score (nSPS) is 10.9. The van der Waals surface area contributed by atoms with Crippen LogP contribution < -0.4 is 10.6 Å². The second kappa shape index (κ2) is 9.34. The van der Waals surface area contributed by atoms with E-state index in [0.29, 0.717) is 37.5 Å². The van der Waals surface area contributed by atoms with Gasteiger partial charge in [0.25, 0.3) is 0 Å². The van der Waals surface area contributed by atoms with E-state index in [1.807, 2.05) is 31.2 Å². The number of hydrogen-bond acceptors (Lipinski definition) is 5. The third-order valence-corrected chi connectivity index (χ3v) is 4.90. The van der Waals surface area contributed by atoms with Gasteiger partial charge in [-0.15, -0.1) is 0 Å². The molecule has 0 spiro atoms. The number of amides is 1. The van der Waals surface area contributed by atoms with Crippen molar-refractivity contribution in [2.45, 2.75) is 26.4 Å². The van der Waals surface area contributed by atoms with Crippen LogP contribution in [0.5, 0.6) is 0 Å². The lowest BCUT2D eigenvalue weighted by Crippen LogP contribution is -2.28. The first-order valence-electron chi connectivity index (χ1n) is 10.1. The van der Waals surface area contributed by atoms with Crippen LogP contribution in [0.3, 0.4) is 0 Å². The number of nitrogens with zero attached hydrogens (tertiary/aromatic N) is 4. The molecule has 4 rings (SSSR count). The van der Waals surface area contributed by atoms with E-state index < -0.39 is 0 Å². The highest BCUT2D eigenvalue weighted by Gasteiger charge is 2.10. The molecule has 0 radical (unpaired) electrons. The fraction of sp³-hybridized carbons (Fsp3) is 0.217. The highest BCUT2D eigenvalue weighted by molar-refractivity contribution is 5.86. The summed E-state index contributed by atoms with van der Waals surface area (Å²) in [5.74, 6) is 0.364. The summed E-state index contributed by atoms with van der Waals surface area (Å²) in [6.45, 7) is 3.46. The predicted molar refractivity (Wildman–Crippen MR) is 117 cm³/mol. The van der Waals surface area contributed by atoms with Gasteiger partial charge < -0.3 is 10.6 Å².